The van der Waals surface area contributed by atoms with Crippen LogP contribution in [0.15, 0.2) is 30.5 Å². The number of nitrogens with zero attached hydrogens (tertiary/aromatic N) is 2. The maximum absolute atomic E-state index is 12.3. The van der Waals surface area contributed by atoms with Gasteiger partial charge < -0.3 is 9.47 Å². The van der Waals surface area contributed by atoms with Crippen molar-refractivity contribution in [3.05, 3.63) is 47.3 Å². The second-order valence-corrected chi connectivity index (χ2v) is 4.74. The molecule has 0 N–H and O–H groups in total. The fourth-order valence-electron chi connectivity index (χ4n) is 2.31. The van der Waals surface area contributed by atoms with Gasteiger partial charge in [0.05, 0.1) is 26.0 Å². The van der Waals surface area contributed by atoms with Gasteiger partial charge in [0, 0.05) is 17.8 Å². The highest BCUT2D eigenvalue weighted by Gasteiger charge is 2.12. The molecule has 0 aliphatic carbocycles. The lowest BCUT2D eigenvalue weighted by atomic mass is 10.1. The number of ether oxygens (including phenoxy) is 2. The van der Waals surface area contributed by atoms with Crippen molar-refractivity contribution in [3.63, 3.8) is 0 Å². The Labute approximate surface area is 130 Å². The number of ketones is 1. The van der Waals surface area contributed by atoms with Gasteiger partial charge in [0.2, 0.25) is 0 Å². The van der Waals surface area contributed by atoms with Crippen molar-refractivity contribution >= 4 is 11.9 Å². The number of benzene rings is 1. The molecular weight excluding hydrogens is 280 g/mol. The van der Waals surface area contributed by atoms with Crippen LogP contribution < -0.4 is 9.47 Å². The first-order valence-electron chi connectivity index (χ1n) is 7.08. The van der Waals surface area contributed by atoms with Crippen molar-refractivity contribution in [1.29, 1.82) is 0 Å². The van der Waals surface area contributed by atoms with Crippen LogP contribution in [0.2, 0.25) is 0 Å². The summed E-state index contributed by atoms with van der Waals surface area (Å²) in [5, 5.41) is 4.19. The molecule has 0 saturated heterocycles. The standard InChI is InChI=1S/C17H20N2O3/c1-5-19-12(2)14(11-18-19)15(20)10-9-13-7-6-8-16(21-3)17(13)22-4/h6-11H,5H2,1-4H3/b10-9+. The Hall–Kier alpha value is -2.56. The first-order chi connectivity index (χ1) is 10.6. The van der Waals surface area contributed by atoms with E-state index in [0.717, 1.165) is 17.8 Å². The molecule has 0 fully saturated rings. The van der Waals surface area contributed by atoms with E-state index in [1.54, 1.807) is 31.2 Å². The van der Waals surface area contributed by atoms with Crippen LogP contribution in [0, 0.1) is 6.92 Å². The number of carbonyl (C=O) groups is 1. The quantitative estimate of drug-likeness (QED) is 0.607. The Bertz CT molecular complexity index is 702. The summed E-state index contributed by atoms with van der Waals surface area (Å²) >= 11 is 0. The Kier molecular flexibility index (Phi) is 4.99. The largest absolute Gasteiger partial charge is 0.493 e. The van der Waals surface area contributed by atoms with Gasteiger partial charge in [0.1, 0.15) is 0 Å². The molecule has 0 radical (unpaired) electrons. The summed E-state index contributed by atoms with van der Waals surface area (Å²) < 4.78 is 12.4. The minimum atomic E-state index is -0.0814. The van der Waals surface area contributed by atoms with E-state index < -0.39 is 0 Å². The van der Waals surface area contributed by atoms with E-state index in [1.165, 1.54) is 6.08 Å². The zero-order valence-corrected chi connectivity index (χ0v) is 13.3. The highest BCUT2D eigenvalue weighted by molar-refractivity contribution is 6.07. The van der Waals surface area contributed by atoms with Crippen molar-refractivity contribution < 1.29 is 14.3 Å². The lowest BCUT2D eigenvalue weighted by molar-refractivity contribution is 0.104. The third kappa shape index (κ3) is 3.03. The Balaban J connectivity index is 2.28. The Morgan fingerprint density at radius 1 is 1.32 bits per heavy atom. The number of rotatable bonds is 6. The highest BCUT2D eigenvalue weighted by atomic mass is 16.5. The molecule has 2 rings (SSSR count). The molecule has 1 heterocycles. The molecule has 0 bridgehead atoms. The molecule has 0 aliphatic heterocycles. The third-order valence-corrected chi connectivity index (χ3v) is 3.52. The first kappa shape index (κ1) is 15.8. The molecule has 5 heteroatoms. The number of methoxy groups -OCH3 is 2. The van der Waals surface area contributed by atoms with Gasteiger partial charge in [0.25, 0.3) is 0 Å². The van der Waals surface area contributed by atoms with Gasteiger partial charge in [-0.25, -0.2) is 0 Å². The number of allylic oxidation sites excluding steroid dienone is 1. The monoisotopic (exact) mass is 300 g/mol. The lowest BCUT2D eigenvalue weighted by Gasteiger charge is -2.09. The SMILES string of the molecule is CCn1ncc(C(=O)/C=C/c2cccc(OC)c2OC)c1C. The molecule has 0 atom stereocenters. The molecule has 116 valence electrons. The maximum atomic E-state index is 12.3. The third-order valence-electron chi connectivity index (χ3n) is 3.52. The average molecular weight is 300 g/mol. The van der Waals surface area contributed by atoms with Crippen LogP contribution in [-0.4, -0.2) is 29.8 Å². The molecule has 22 heavy (non-hydrogen) atoms. The zero-order valence-electron chi connectivity index (χ0n) is 13.3. The van der Waals surface area contributed by atoms with E-state index in [0.29, 0.717) is 17.1 Å². The summed E-state index contributed by atoms with van der Waals surface area (Å²) in [6.07, 6.45) is 4.86. The van der Waals surface area contributed by atoms with Gasteiger partial charge in [-0.1, -0.05) is 12.1 Å². The van der Waals surface area contributed by atoms with Gasteiger partial charge >= 0.3 is 0 Å². The molecular formula is C17H20N2O3. The van der Waals surface area contributed by atoms with Gasteiger partial charge in [-0.3, -0.25) is 9.48 Å². The molecule has 1 aromatic carbocycles. The maximum Gasteiger partial charge on any atom is 0.189 e. The Morgan fingerprint density at radius 2 is 2.09 bits per heavy atom. The second-order valence-electron chi connectivity index (χ2n) is 4.74. The minimum Gasteiger partial charge on any atom is -0.493 e. The smallest absolute Gasteiger partial charge is 0.189 e. The molecule has 2 aromatic rings. The van der Waals surface area contributed by atoms with E-state index in [1.807, 2.05) is 32.0 Å². The van der Waals surface area contributed by atoms with E-state index in [9.17, 15) is 4.79 Å². The van der Waals surface area contributed by atoms with Crippen LogP contribution in [0.5, 0.6) is 11.5 Å². The summed E-state index contributed by atoms with van der Waals surface area (Å²) in [4.78, 5) is 12.3. The summed E-state index contributed by atoms with van der Waals surface area (Å²) in [6, 6.07) is 5.53. The highest BCUT2D eigenvalue weighted by Crippen LogP contribution is 2.31. The molecule has 0 aliphatic rings. The summed E-state index contributed by atoms with van der Waals surface area (Å²) in [7, 11) is 3.16. The van der Waals surface area contributed by atoms with Gasteiger partial charge in [0.15, 0.2) is 17.3 Å². The number of para-hydroxylation sites is 1. The van der Waals surface area contributed by atoms with Crippen molar-refractivity contribution in [3.8, 4) is 11.5 Å². The zero-order chi connectivity index (χ0) is 16.1. The normalized spacial score (nSPS) is 10.9. The Morgan fingerprint density at radius 3 is 2.68 bits per heavy atom. The number of hydrogen-bond donors (Lipinski definition) is 0. The van der Waals surface area contributed by atoms with Crippen LogP contribution >= 0.6 is 0 Å². The number of carbonyl (C=O) groups excluding carboxylic acids is 1. The molecule has 0 unspecified atom stereocenters. The van der Waals surface area contributed by atoms with Crippen LogP contribution in [0.25, 0.3) is 6.08 Å². The van der Waals surface area contributed by atoms with E-state index >= 15 is 0 Å². The fourth-order valence-corrected chi connectivity index (χ4v) is 2.31. The fraction of sp³-hybridized carbons (Fsp3) is 0.294. The van der Waals surface area contributed by atoms with Gasteiger partial charge in [-0.2, -0.15) is 5.10 Å². The number of hydrogen-bond acceptors (Lipinski definition) is 4. The summed E-state index contributed by atoms with van der Waals surface area (Å²) in [5.41, 5.74) is 2.27. The molecule has 0 spiro atoms. The van der Waals surface area contributed by atoms with Crippen LogP contribution in [-0.2, 0) is 6.54 Å². The number of aryl methyl sites for hydroxylation is 1. The number of aromatic nitrogens is 2. The second kappa shape index (κ2) is 6.93. The predicted molar refractivity (Wildman–Crippen MR) is 85.5 cm³/mol. The van der Waals surface area contributed by atoms with E-state index in [4.69, 9.17) is 9.47 Å². The lowest BCUT2D eigenvalue weighted by Crippen LogP contribution is -2.01. The van der Waals surface area contributed by atoms with Crippen molar-refractivity contribution in [2.24, 2.45) is 0 Å². The topological polar surface area (TPSA) is 53.4 Å². The summed E-state index contributed by atoms with van der Waals surface area (Å²) in [6.45, 7) is 4.63. The average Bonchev–Trinajstić information content (AvgIpc) is 2.92. The van der Waals surface area contributed by atoms with Crippen molar-refractivity contribution in [2.45, 2.75) is 20.4 Å². The first-order valence-corrected chi connectivity index (χ1v) is 7.08. The molecule has 1 aromatic heterocycles. The van der Waals surface area contributed by atoms with Gasteiger partial charge in [-0.15, -0.1) is 0 Å². The van der Waals surface area contributed by atoms with Crippen molar-refractivity contribution in [1.82, 2.24) is 9.78 Å². The van der Waals surface area contributed by atoms with Crippen LogP contribution in [0.3, 0.4) is 0 Å². The molecule has 0 amide bonds. The molecule has 0 saturated carbocycles. The van der Waals surface area contributed by atoms with E-state index in [-0.39, 0.29) is 5.78 Å². The van der Waals surface area contributed by atoms with E-state index in [2.05, 4.69) is 5.10 Å². The minimum absolute atomic E-state index is 0.0814. The predicted octanol–water partition coefficient (Wildman–Crippen LogP) is 3.12. The molecule has 5 nitrogen and oxygen atoms in total. The van der Waals surface area contributed by atoms with Crippen LogP contribution in [0.1, 0.15) is 28.5 Å². The van der Waals surface area contributed by atoms with Crippen LogP contribution in [0.4, 0.5) is 0 Å². The van der Waals surface area contributed by atoms with Crippen molar-refractivity contribution in [2.75, 3.05) is 14.2 Å². The summed E-state index contributed by atoms with van der Waals surface area (Å²) in [5.74, 6) is 1.16. The van der Waals surface area contributed by atoms with Gasteiger partial charge in [-0.05, 0) is 32.1 Å².